The van der Waals surface area contributed by atoms with Gasteiger partial charge in [-0.15, -0.1) is 0 Å². The van der Waals surface area contributed by atoms with Gasteiger partial charge in [-0.3, -0.25) is 4.79 Å². The van der Waals surface area contributed by atoms with Crippen LogP contribution in [0.5, 0.6) is 5.88 Å². The lowest BCUT2D eigenvalue weighted by atomic mass is 10.0. The minimum Gasteiger partial charge on any atom is -0.481 e. The van der Waals surface area contributed by atoms with Crippen molar-refractivity contribution in [3.63, 3.8) is 0 Å². The Balaban J connectivity index is 2.03. The first-order valence-corrected chi connectivity index (χ1v) is 10.7. The van der Waals surface area contributed by atoms with Gasteiger partial charge in [-0.2, -0.15) is 0 Å². The molecule has 0 bridgehead atoms. The molecule has 0 aliphatic rings. The summed E-state index contributed by atoms with van der Waals surface area (Å²) in [6.45, 7) is 3.94. The average Bonchev–Trinajstić information content (AvgIpc) is 2.82. The number of carbonyl (C=O) groups is 3. The average molecular weight is 458 g/mol. The molecule has 2 N–H and O–H groups in total. The van der Waals surface area contributed by atoms with Gasteiger partial charge in [0.2, 0.25) is 11.8 Å². The van der Waals surface area contributed by atoms with E-state index in [1.165, 1.54) is 14.2 Å². The summed E-state index contributed by atoms with van der Waals surface area (Å²) < 4.78 is 15.1. The molecule has 0 saturated heterocycles. The predicted octanol–water partition coefficient (Wildman–Crippen LogP) is 2.63. The smallest absolute Gasteiger partial charge is 0.408 e. The number of esters is 1. The Morgan fingerprint density at radius 3 is 2.24 bits per heavy atom. The molecule has 0 radical (unpaired) electrons. The fourth-order valence-electron chi connectivity index (χ4n) is 3.11. The number of rotatable bonds is 11. The van der Waals surface area contributed by atoms with Crippen molar-refractivity contribution in [2.24, 2.45) is 5.92 Å². The first-order chi connectivity index (χ1) is 15.8. The molecular weight excluding hydrogens is 426 g/mol. The van der Waals surface area contributed by atoms with E-state index in [-0.39, 0.29) is 18.9 Å². The van der Waals surface area contributed by atoms with Crippen molar-refractivity contribution in [1.82, 2.24) is 15.6 Å². The third kappa shape index (κ3) is 8.80. The first kappa shape index (κ1) is 25.6. The van der Waals surface area contributed by atoms with Gasteiger partial charge in [0.05, 0.1) is 14.2 Å². The van der Waals surface area contributed by atoms with Crippen LogP contribution in [0.4, 0.5) is 4.79 Å². The SMILES string of the molecule is COC(=O)[C@H](Cc1ccc(OC)nc1)NC(=O)[C@H](CC(C)C)NC(=O)OCc1ccccc1. The number of nitrogens with zero attached hydrogens (tertiary/aromatic N) is 1. The van der Waals surface area contributed by atoms with E-state index >= 15 is 0 Å². The highest BCUT2D eigenvalue weighted by Crippen LogP contribution is 2.11. The molecule has 9 heteroatoms. The molecule has 1 aromatic heterocycles. The van der Waals surface area contributed by atoms with Gasteiger partial charge in [-0.25, -0.2) is 14.6 Å². The summed E-state index contributed by atoms with van der Waals surface area (Å²) in [4.78, 5) is 41.7. The standard InChI is InChI=1S/C24H31N3O6/c1-16(2)12-19(27-24(30)33-15-17-8-6-5-7-9-17)22(28)26-20(23(29)32-4)13-18-10-11-21(31-3)25-14-18/h5-11,14,16,19-20H,12-13,15H2,1-4H3,(H,26,28)(H,27,30)/t19-,20-/m0/s1. The Labute approximate surface area is 193 Å². The number of amides is 2. The van der Waals surface area contributed by atoms with E-state index in [4.69, 9.17) is 14.2 Å². The zero-order valence-electron chi connectivity index (χ0n) is 19.4. The van der Waals surface area contributed by atoms with Gasteiger partial charge in [0.1, 0.15) is 18.7 Å². The van der Waals surface area contributed by atoms with E-state index in [1.54, 1.807) is 18.3 Å². The number of hydrogen-bond donors (Lipinski definition) is 2. The van der Waals surface area contributed by atoms with E-state index in [0.29, 0.717) is 17.9 Å². The lowest BCUT2D eigenvalue weighted by Crippen LogP contribution is -2.53. The number of alkyl carbamates (subject to hydrolysis) is 1. The summed E-state index contributed by atoms with van der Waals surface area (Å²) in [7, 11) is 2.75. The molecule has 178 valence electrons. The Morgan fingerprint density at radius 2 is 1.67 bits per heavy atom. The van der Waals surface area contributed by atoms with Crippen LogP contribution < -0.4 is 15.4 Å². The fourth-order valence-corrected chi connectivity index (χ4v) is 3.11. The molecule has 2 atom stereocenters. The number of nitrogens with one attached hydrogen (secondary N) is 2. The third-order valence-electron chi connectivity index (χ3n) is 4.78. The molecule has 2 aromatic rings. The van der Waals surface area contributed by atoms with Crippen molar-refractivity contribution in [2.75, 3.05) is 14.2 Å². The van der Waals surface area contributed by atoms with E-state index in [1.807, 2.05) is 44.2 Å². The van der Waals surface area contributed by atoms with Crippen molar-refractivity contribution >= 4 is 18.0 Å². The van der Waals surface area contributed by atoms with E-state index in [9.17, 15) is 14.4 Å². The highest BCUT2D eigenvalue weighted by Gasteiger charge is 2.28. The minimum absolute atomic E-state index is 0.0813. The summed E-state index contributed by atoms with van der Waals surface area (Å²) >= 11 is 0. The lowest BCUT2D eigenvalue weighted by molar-refractivity contribution is -0.145. The van der Waals surface area contributed by atoms with Crippen molar-refractivity contribution in [1.29, 1.82) is 0 Å². The van der Waals surface area contributed by atoms with Crippen molar-refractivity contribution < 1.29 is 28.6 Å². The van der Waals surface area contributed by atoms with Crippen LogP contribution in [0.3, 0.4) is 0 Å². The molecule has 0 saturated carbocycles. The molecule has 1 heterocycles. The van der Waals surface area contributed by atoms with Crippen molar-refractivity contribution in [2.45, 2.75) is 45.4 Å². The third-order valence-corrected chi connectivity index (χ3v) is 4.78. The number of pyridine rings is 1. The Bertz CT molecular complexity index is 902. The van der Waals surface area contributed by atoms with Gasteiger partial charge >= 0.3 is 12.1 Å². The molecule has 0 aliphatic carbocycles. The number of hydrogen-bond acceptors (Lipinski definition) is 7. The molecule has 9 nitrogen and oxygen atoms in total. The van der Waals surface area contributed by atoms with Crippen LogP contribution in [-0.2, 0) is 32.1 Å². The second-order valence-electron chi connectivity index (χ2n) is 7.89. The summed E-state index contributed by atoms with van der Waals surface area (Å²) in [5, 5.41) is 5.29. The quantitative estimate of drug-likeness (QED) is 0.498. The molecule has 2 rings (SSSR count). The Kier molecular flexibility index (Phi) is 10.1. The zero-order valence-corrected chi connectivity index (χ0v) is 19.4. The second-order valence-corrected chi connectivity index (χ2v) is 7.89. The van der Waals surface area contributed by atoms with Crippen molar-refractivity contribution in [3.05, 3.63) is 59.8 Å². The molecule has 0 spiro atoms. The van der Waals surface area contributed by atoms with Crippen LogP contribution in [0.25, 0.3) is 0 Å². The van der Waals surface area contributed by atoms with Gasteiger partial charge in [0.15, 0.2) is 0 Å². The number of benzene rings is 1. The van der Waals surface area contributed by atoms with E-state index in [0.717, 1.165) is 5.56 Å². The first-order valence-electron chi connectivity index (χ1n) is 10.7. The van der Waals surface area contributed by atoms with Crippen LogP contribution in [-0.4, -0.2) is 49.3 Å². The van der Waals surface area contributed by atoms with E-state index < -0.39 is 30.1 Å². The van der Waals surface area contributed by atoms with Crippen LogP contribution in [0, 0.1) is 5.92 Å². The molecule has 1 aromatic carbocycles. The van der Waals surface area contributed by atoms with Crippen LogP contribution in [0.15, 0.2) is 48.7 Å². The normalized spacial score (nSPS) is 12.4. The highest BCUT2D eigenvalue weighted by molar-refractivity contribution is 5.89. The topological polar surface area (TPSA) is 116 Å². The number of methoxy groups -OCH3 is 2. The molecule has 0 unspecified atom stereocenters. The maximum absolute atomic E-state index is 13.0. The molecule has 0 fully saturated rings. The van der Waals surface area contributed by atoms with Gasteiger partial charge < -0.3 is 24.8 Å². The van der Waals surface area contributed by atoms with Crippen LogP contribution >= 0.6 is 0 Å². The number of aromatic nitrogens is 1. The Morgan fingerprint density at radius 1 is 0.939 bits per heavy atom. The maximum Gasteiger partial charge on any atom is 0.408 e. The summed E-state index contributed by atoms with van der Waals surface area (Å²) in [5.74, 6) is -0.559. The van der Waals surface area contributed by atoms with Gasteiger partial charge in [0.25, 0.3) is 0 Å². The molecule has 0 aliphatic heterocycles. The van der Waals surface area contributed by atoms with E-state index in [2.05, 4.69) is 15.6 Å². The second kappa shape index (κ2) is 13.0. The largest absolute Gasteiger partial charge is 0.481 e. The lowest BCUT2D eigenvalue weighted by Gasteiger charge is -2.23. The van der Waals surface area contributed by atoms with Gasteiger partial charge in [0, 0.05) is 18.7 Å². The van der Waals surface area contributed by atoms with Gasteiger partial charge in [-0.1, -0.05) is 50.2 Å². The zero-order chi connectivity index (χ0) is 24.2. The molecule has 33 heavy (non-hydrogen) atoms. The predicted molar refractivity (Wildman–Crippen MR) is 121 cm³/mol. The van der Waals surface area contributed by atoms with Gasteiger partial charge in [-0.05, 0) is 23.5 Å². The summed E-state index contributed by atoms with van der Waals surface area (Å²) in [6, 6.07) is 10.8. The van der Waals surface area contributed by atoms with Crippen LogP contribution in [0.2, 0.25) is 0 Å². The summed E-state index contributed by atoms with van der Waals surface area (Å²) in [6.07, 6.45) is 1.38. The number of carbonyl (C=O) groups excluding carboxylic acids is 3. The Hall–Kier alpha value is -3.62. The van der Waals surface area contributed by atoms with Crippen molar-refractivity contribution in [3.8, 4) is 5.88 Å². The molecule has 2 amide bonds. The maximum atomic E-state index is 13.0. The van der Waals surface area contributed by atoms with Crippen LogP contribution in [0.1, 0.15) is 31.4 Å². The molecular formula is C24H31N3O6. The monoisotopic (exact) mass is 457 g/mol. The number of ether oxygens (including phenoxy) is 3. The minimum atomic E-state index is -0.950. The summed E-state index contributed by atoms with van der Waals surface area (Å²) in [5.41, 5.74) is 1.54. The highest BCUT2D eigenvalue weighted by atomic mass is 16.5. The fraction of sp³-hybridized carbons (Fsp3) is 0.417.